The van der Waals surface area contributed by atoms with Gasteiger partial charge in [-0.2, -0.15) is 0 Å². The molecule has 1 aromatic rings. The lowest BCUT2D eigenvalue weighted by Gasteiger charge is -2.22. The third-order valence-corrected chi connectivity index (χ3v) is 4.41. The smallest absolute Gasteiger partial charge is 0.305 e. The number of benzene rings is 1. The van der Waals surface area contributed by atoms with Crippen LogP contribution in [0, 0.1) is 11.6 Å². The average molecular weight is 390 g/mol. The molecule has 0 heterocycles. The molecule has 4 nitrogen and oxygen atoms in total. The van der Waals surface area contributed by atoms with Gasteiger partial charge in [0.25, 0.3) is 0 Å². The summed E-state index contributed by atoms with van der Waals surface area (Å²) in [5.74, 6) is -3.14. The van der Waals surface area contributed by atoms with Gasteiger partial charge in [0.2, 0.25) is 0 Å². The molecule has 152 valence electrons. The summed E-state index contributed by atoms with van der Waals surface area (Å²) in [6.45, 7) is 7.74. The van der Waals surface area contributed by atoms with Crippen molar-refractivity contribution < 1.29 is 18.7 Å². The highest BCUT2D eigenvalue weighted by molar-refractivity contribution is 6.21. The van der Waals surface area contributed by atoms with Crippen LogP contribution in [-0.2, 0) is 4.79 Å². The summed E-state index contributed by atoms with van der Waals surface area (Å²) in [5, 5.41) is 11.8. The number of hydrogen-bond donors (Lipinski definition) is 2. The molecule has 0 aliphatic heterocycles. The van der Waals surface area contributed by atoms with Crippen molar-refractivity contribution in [3.8, 4) is 0 Å². The van der Waals surface area contributed by atoms with Gasteiger partial charge in [-0.3, -0.25) is 9.79 Å². The van der Waals surface area contributed by atoms with E-state index in [4.69, 9.17) is 5.11 Å². The summed E-state index contributed by atoms with van der Waals surface area (Å²) in [4.78, 5) is 15.3. The average Bonchev–Trinajstić information content (AvgIpc) is 2.69. The van der Waals surface area contributed by atoms with Crippen LogP contribution in [0.5, 0.6) is 0 Å². The van der Waals surface area contributed by atoms with Gasteiger partial charge >= 0.3 is 5.97 Å². The third-order valence-electron chi connectivity index (χ3n) is 4.41. The highest BCUT2D eigenvalue weighted by Crippen LogP contribution is 2.35. The van der Waals surface area contributed by atoms with E-state index in [1.165, 1.54) is 13.1 Å². The highest BCUT2D eigenvalue weighted by atomic mass is 19.2. The van der Waals surface area contributed by atoms with Crippen molar-refractivity contribution in [3.63, 3.8) is 0 Å². The second kappa shape index (κ2) is 10.7. The number of aliphatic carboxylic acids is 1. The molecule has 0 saturated carbocycles. The molecule has 0 amide bonds. The lowest BCUT2D eigenvalue weighted by Crippen LogP contribution is -2.22. The minimum Gasteiger partial charge on any atom is -0.481 e. The Labute approximate surface area is 165 Å². The molecule has 0 bridgehead atoms. The maximum absolute atomic E-state index is 14.4. The summed E-state index contributed by atoms with van der Waals surface area (Å²) in [6, 6.07) is 1.81. The van der Waals surface area contributed by atoms with Gasteiger partial charge in [-0.25, -0.2) is 8.78 Å². The molecule has 1 aliphatic carbocycles. The first kappa shape index (κ1) is 23.4. The summed E-state index contributed by atoms with van der Waals surface area (Å²) in [7, 11) is 3.19. The first-order valence-corrected chi connectivity index (χ1v) is 9.25. The van der Waals surface area contributed by atoms with Crippen molar-refractivity contribution in [2.24, 2.45) is 4.99 Å². The Morgan fingerprint density at radius 2 is 1.93 bits per heavy atom. The van der Waals surface area contributed by atoms with E-state index < -0.39 is 23.6 Å². The van der Waals surface area contributed by atoms with E-state index in [1.807, 2.05) is 45.9 Å². The van der Waals surface area contributed by atoms with Gasteiger partial charge in [0, 0.05) is 24.2 Å². The van der Waals surface area contributed by atoms with Crippen molar-refractivity contribution in [3.05, 3.63) is 64.3 Å². The number of aliphatic imine (C=N–C) groups is 1. The molecule has 2 N–H and O–H groups in total. The fourth-order valence-corrected chi connectivity index (χ4v) is 3.14. The van der Waals surface area contributed by atoms with Crippen LogP contribution < -0.4 is 5.32 Å². The van der Waals surface area contributed by atoms with Crippen molar-refractivity contribution in [1.29, 1.82) is 0 Å². The van der Waals surface area contributed by atoms with Crippen molar-refractivity contribution >= 4 is 17.3 Å². The largest absolute Gasteiger partial charge is 0.481 e. The first-order chi connectivity index (χ1) is 13.3. The van der Waals surface area contributed by atoms with E-state index in [1.54, 1.807) is 7.05 Å². The monoisotopic (exact) mass is 390 g/mol. The first-order valence-electron chi connectivity index (χ1n) is 9.25. The quantitative estimate of drug-likeness (QED) is 0.736. The number of allylic oxidation sites excluding steroid dienone is 6. The molecule has 0 aromatic heterocycles. The second-order valence-electron chi connectivity index (χ2n) is 6.00. The van der Waals surface area contributed by atoms with Gasteiger partial charge in [-0.15, -0.1) is 0 Å². The van der Waals surface area contributed by atoms with Crippen LogP contribution in [0.25, 0.3) is 5.57 Å². The van der Waals surface area contributed by atoms with E-state index in [0.29, 0.717) is 5.56 Å². The number of carbonyl (C=O) groups is 1. The Balaban J connectivity index is 0.00000190. The van der Waals surface area contributed by atoms with Gasteiger partial charge in [-0.1, -0.05) is 26.0 Å². The molecular formula is C22H28F2N2O2. The molecule has 6 heteroatoms. The van der Waals surface area contributed by atoms with E-state index in [9.17, 15) is 13.6 Å². The number of nitrogens with one attached hydrogen (secondary N) is 1. The number of nitrogens with zero attached hydrogens (tertiary/aromatic N) is 1. The number of carboxylic acids is 1. The van der Waals surface area contributed by atoms with Gasteiger partial charge < -0.3 is 10.4 Å². The fraction of sp³-hybridized carbons (Fsp3) is 0.364. The van der Waals surface area contributed by atoms with Crippen molar-refractivity contribution in [2.45, 2.75) is 40.2 Å². The maximum atomic E-state index is 14.4. The zero-order chi connectivity index (χ0) is 21.4. The summed E-state index contributed by atoms with van der Waals surface area (Å²) in [5.41, 5.74) is 3.69. The molecule has 28 heavy (non-hydrogen) atoms. The Kier molecular flexibility index (Phi) is 8.92. The molecule has 0 unspecified atom stereocenters. The Morgan fingerprint density at radius 3 is 2.43 bits per heavy atom. The Hall–Kier alpha value is -2.60. The van der Waals surface area contributed by atoms with Crippen LogP contribution in [0.15, 0.2) is 46.5 Å². The minimum atomic E-state index is -1.10. The molecule has 0 fully saturated rings. The predicted octanol–water partition coefficient (Wildman–Crippen LogP) is 5.09. The molecule has 1 aromatic carbocycles. The van der Waals surface area contributed by atoms with Gasteiger partial charge in [0.15, 0.2) is 11.6 Å². The number of rotatable bonds is 5. The normalized spacial score (nSPS) is 17.6. The standard InChI is InChI=1S/C20H22F2N2O2.C2H6/c1-5-13-16(23-3)7-6-11(2)19(13)12-8-14(20(22)15(21)9-12)17(24-4)10-18(25)26;1-2/h5-9,17,24H,10H2,1-4H3,(H,25,26);1-2H3/b13-5+,23-16?;/t17-;/m0./s1. The van der Waals surface area contributed by atoms with Crippen LogP contribution in [-0.4, -0.2) is 30.9 Å². The zero-order valence-electron chi connectivity index (χ0n) is 17.2. The molecule has 0 radical (unpaired) electrons. The summed E-state index contributed by atoms with van der Waals surface area (Å²) >= 11 is 0. The lowest BCUT2D eigenvalue weighted by molar-refractivity contribution is -0.137. The van der Waals surface area contributed by atoms with Crippen LogP contribution in [0.3, 0.4) is 0 Å². The summed E-state index contributed by atoms with van der Waals surface area (Å²) < 4.78 is 28.7. The number of carboxylic acid groups (broad SMARTS) is 1. The zero-order valence-corrected chi connectivity index (χ0v) is 17.2. The van der Waals surface area contributed by atoms with E-state index >= 15 is 0 Å². The number of halogens is 2. The molecule has 1 aliphatic rings. The van der Waals surface area contributed by atoms with Crippen LogP contribution in [0.2, 0.25) is 0 Å². The van der Waals surface area contributed by atoms with Gasteiger partial charge in [-0.05, 0) is 55.8 Å². The van der Waals surface area contributed by atoms with Crippen LogP contribution in [0.1, 0.15) is 51.3 Å². The Bertz CT molecular complexity index is 852. The topological polar surface area (TPSA) is 61.7 Å². The lowest BCUT2D eigenvalue weighted by atomic mass is 9.85. The van der Waals surface area contributed by atoms with Crippen molar-refractivity contribution in [1.82, 2.24) is 5.32 Å². The fourth-order valence-electron chi connectivity index (χ4n) is 3.14. The third kappa shape index (κ3) is 5.01. The summed E-state index contributed by atoms with van der Waals surface area (Å²) in [6.07, 6.45) is 5.26. The van der Waals surface area contributed by atoms with E-state index in [0.717, 1.165) is 28.5 Å². The number of hydrogen-bond acceptors (Lipinski definition) is 3. The van der Waals surface area contributed by atoms with E-state index in [2.05, 4.69) is 10.3 Å². The molecule has 0 spiro atoms. The highest BCUT2D eigenvalue weighted by Gasteiger charge is 2.24. The Morgan fingerprint density at radius 1 is 1.29 bits per heavy atom. The molecule has 2 rings (SSSR count). The van der Waals surface area contributed by atoms with Crippen LogP contribution in [0.4, 0.5) is 8.78 Å². The van der Waals surface area contributed by atoms with Gasteiger partial charge in [0.1, 0.15) is 0 Å². The predicted molar refractivity (Wildman–Crippen MR) is 111 cm³/mol. The van der Waals surface area contributed by atoms with Crippen LogP contribution >= 0.6 is 0 Å². The second-order valence-corrected chi connectivity index (χ2v) is 6.00. The van der Waals surface area contributed by atoms with Gasteiger partial charge in [0.05, 0.1) is 12.1 Å². The minimum absolute atomic E-state index is 0.00908. The maximum Gasteiger partial charge on any atom is 0.305 e. The van der Waals surface area contributed by atoms with E-state index in [-0.39, 0.29) is 12.0 Å². The SMILES string of the molecule is C/C=C1\C(=NC)C=CC(C)=C1c1cc(F)c(F)c([C@H](CC(=O)O)NC)c1.CC. The molecular weight excluding hydrogens is 362 g/mol. The van der Waals surface area contributed by atoms with Crippen molar-refractivity contribution in [2.75, 3.05) is 14.1 Å². The molecule has 0 saturated heterocycles. The molecule has 1 atom stereocenters.